The van der Waals surface area contributed by atoms with E-state index in [-0.39, 0.29) is 29.6 Å². The van der Waals surface area contributed by atoms with Crippen molar-refractivity contribution in [2.24, 2.45) is 11.8 Å². The molecule has 0 bridgehead atoms. The second-order valence-corrected chi connectivity index (χ2v) is 5.13. The first kappa shape index (κ1) is 13.0. The number of carbonyl (C=O) groups is 3. The van der Waals surface area contributed by atoms with Crippen molar-refractivity contribution >= 4 is 17.7 Å². The average Bonchev–Trinajstić information content (AvgIpc) is 2.76. The van der Waals surface area contributed by atoms with Crippen LogP contribution in [0.5, 0.6) is 0 Å². The molecule has 6 heteroatoms. The molecule has 3 amide bonds. The summed E-state index contributed by atoms with van der Waals surface area (Å²) in [5, 5.41) is 5.93. The third-order valence-electron chi connectivity index (χ3n) is 3.82. The first-order chi connectivity index (χ1) is 8.50. The van der Waals surface area contributed by atoms with E-state index in [1.165, 1.54) is 7.05 Å². The molecule has 2 fully saturated rings. The molecule has 0 aromatic carbocycles. The summed E-state index contributed by atoms with van der Waals surface area (Å²) < 4.78 is 0. The van der Waals surface area contributed by atoms with Gasteiger partial charge in [0, 0.05) is 20.0 Å². The second kappa shape index (κ2) is 5.06. The van der Waals surface area contributed by atoms with Crippen LogP contribution in [0.4, 0.5) is 0 Å². The van der Waals surface area contributed by atoms with E-state index >= 15 is 0 Å². The number of rotatable bonds is 2. The highest BCUT2D eigenvalue weighted by atomic mass is 16.2. The van der Waals surface area contributed by atoms with Gasteiger partial charge < -0.3 is 10.6 Å². The zero-order chi connectivity index (χ0) is 13.3. The number of carbonyl (C=O) groups excluding carboxylic acids is 3. The maximum atomic E-state index is 12.1. The number of hydrogen-bond donors (Lipinski definition) is 2. The van der Waals surface area contributed by atoms with Crippen LogP contribution in [-0.2, 0) is 14.4 Å². The summed E-state index contributed by atoms with van der Waals surface area (Å²) in [6, 6.07) is -0.548. The van der Waals surface area contributed by atoms with Crippen LogP contribution in [0.3, 0.4) is 0 Å². The number of imide groups is 1. The minimum Gasteiger partial charge on any atom is -0.344 e. The largest absolute Gasteiger partial charge is 0.344 e. The molecule has 0 spiro atoms. The summed E-state index contributed by atoms with van der Waals surface area (Å²) >= 11 is 0. The number of likely N-dealkylation sites (tertiary alicyclic amines) is 1. The average molecular weight is 253 g/mol. The predicted octanol–water partition coefficient (Wildman–Crippen LogP) is -0.894. The van der Waals surface area contributed by atoms with Gasteiger partial charge in [-0.3, -0.25) is 19.3 Å². The van der Waals surface area contributed by atoms with Gasteiger partial charge in [-0.05, 0) is 18.9 Å². The van der Waals surface area contributed by atoms with Gasteiger partial charge >= 0.3 is 0 Å². The minimum atomic E-state index is -0.548. The molecule has 2 heterocycles. The lowest BCUT2D eigenvalue weighted by atomic mass is 9.96. The van der Waals surface area contributed by atoms with E-state index in [0.29, 0.717) is 19.4 Å². The molecule has 0 aromatic heterocycles. The molecule has 2 aliphatic rings. The molecule has 2 rings (SSSR count). The van der Waals surface area contributed by atoms with Crippen LogP contribution in [0, 0.1) is 11.8 Å². The maximum absolute atomic E-state index is 12.1. The van der Waals surface area contributed by atoms with E-state index in [1.54, 1.807) is 0 Å². The molecule has 3 unspecified atom stereocenters. The Bertz CT molecular complexity index is 383. The molecule has 2 N–H and O–H groups in total. The lowest BCUT2D eigenvalue weighted by Gasteiger charge is -2.29. The fraction of sp³-hybridized carbons (Fsp3) is 0.750. The summed E-state index contributed by atoms with van der Waals surface area (Å²) in [4.78, 5) is 36.3. The first-order valence-electron chi connectivity index (χ1n) is 6.32. The van der Waals surface area contributed by atoms with Crippen molar-refractivity contribution in [1.29, 1.82) is 0 Å². The third-order valence-corrected chi connectivity index (χ3v) is 3.82. The lowest BCUT2D eigenvalue weighted by molar-refractivity contribution is -0.149. The Hall–Kier alpha value is -1.43. The third kappa shape index (κ3) is 2.38. The van der Waals surface area contributed by atoms with Gasteiger partial charge in [-0.1, -0.05) is 6.92 Å². The van der Waals surface area contributed by atoms with Crippen molar-refractivity contribution in [3.05, 3.63) is 0 Å². The van der Waals surface area contributed by atoms with Gasteiger partial charge in [0.2, 0.25) is 11.8 Å². The van der Waals surface area contributed by atoms with Crippen molar-refractivity contribution in [3.63, 3.8) is 0 Å². The van der Waals surface area contributed by atoms with Crippen molar-refractivity contribution in [2.75, 3.05) is 20.1 Å². The molecule has 100 valence electrons. The van der Waals surface area contributed by atoms with E-state index < -0.39 is 6.04 Å². The van der Waals surface area contributed by atoms with Gasteiger partial charge in [0.05, 0.1) is 5.92 Å². The zero-order valence-corrected chi connectivity index (χ0v) is 10.7. The number of amides is 3. The normalized spacial score (nSPS) is 32.8. The summed E-state index contributed by atoms with van der Waals surface area (Å²) in [5.74, 6) is -0.378. The quantitative estimate of drug-likeness (QED) is 0.626. The minimum absolute atomic E-state index is 0.0827. The Kier molecular flexibility index (Phi) is 3.65. The molecule has 18 heavy (non-hydrogen) atoms. The standard InChI is InChI=1S/C12H19N3O3/c1-7-5-13-6-8(7)11(17)14-9-3-4-10(16)15(2)12(9)18/h7-9,13H,3-6H2,1-2H3,(H,14,17). The highest BCUT2D eigenvalue weighted by molar-refractivity contribution is 6.01. The van der Waals surface area contributed by atoms with Gasteiger partial charge in [-0.25, -0.2) is 0 Å². The SMILES string of the molecule is CC1CNCC1C(=O)NC1CCC(=O)N(C)C1=O. The molecular formula is C12H19N3O3. The number of nitrogens with zero attached hydrogens (tertiary/aromatic N) is 1. The summed E-state index contributed by atoms with van der Waals surface area (Å²) in [7, 11) is 1.46. The fourth-order valence-electron chi connectivity index (χ4n) is 2.49. The van der Waals surface area contributed by atoms with Crippen LogP contribution >= 0.6 is 0 Å². The van der Waals surface area contributed by atoms with E-state index in [0.717, 1.165) is 11.4 Å². The van der Waals surface area contributed by atoms with Crippen molar-refractivity contribution in [2.45, 2.75) is 25.8 Å². The van der Waals surface area contributed by atoms with Crippen molar-refractivity contribution < 1.29 is 14.4 Å². The van der Waals surface area contributed by atoms with E-state index in [2.05, 4.69) is 10.6 Å². The second-order valence-electron chi connectivity index (χ2n) is 5.13. The molecular weight excluding hydrogens is 234 g/mol. The molecule has 0 radical (unpaired) electrons. The summed E-state index contributed by atoms with van der Waals surface area (Å²) in [5.41, 5.74) is 0. The molecule has 2 saturated heterocycles. The topological polar surface area (TPSA) is 78.5 Å². The fourth-order valence-corrected chi connectivity index (χ4v) is 2.49. The Morgan fingerprint density at radius 3 is 2.72 bits per heavy atom. The molecule has 6 nitrogen and oxygen atoms in total. The summed E-state index contributed by atoms with van der Waals surface area (Å²) in [6.07, 6.45) is 0.716. The van der Waals surface area contributed by atoms with Crippen LogP contribution in [0.25, 0.3) is 0 Å². The first-order valence-corrected chi connectivity index (χ1v) is 6.32. The molecule has 0 aliphatic carbocycles. The van der Waals surface area contributed by atoms with E-state index in [4.69, 9.17) is 0 Å². The van der Waals surface area contributed by atoms with Gasteiger partial charge in [0.1, 0.15) is 6.04 Å². The summed E-state index contributed by atoms with van der Waals surface area (Å²) in [6.45, 7) is 3.50. The Morgan fingerprint density at radius 1 is 1.39 bits per heavy atom. The highest BCUT2D eigenvalue weighted by Gasteiger charge is 2.36. The Morgan fingerprint density at radius 2 is 2.11 bits per heavy atom. The Balaban J connectivity index is 1.95. The van der Waals surface area contributed by atoms with Crippen molar-refractivity contribution in [3.8, 4) is 0 Å². The lowest BCUT2D eigenvalue weighted by Crippen LogP contribution is -2.54. The van der Waals surface area contributed by atoms with Crippen LogP contribution < -0.4 is 10.6 Å². The molecule has 0 saturated carbocycles. The maximum Gasteiger partial charge on any atom is 0.251 e. The van der Waals surface area contributed by atoms with E-state index in [9.17, 15) is 14.4 Å². The zero-order valence-electron chi connectivity index (χ0n) is 10.7. The van der Waals surface area contributed by atoms with Crippen LogP contribution in [-0.4, -0.2) is 48.8 Å². The van der Waals surface area contributed by atoms with Gasteiger partial charge in [0.15, 0.2) is 0 Å². The Labute approximate surface area is 106 Å². The van der Waals surface area contributed by atoms with Crippen LogP contribution in [0.2, 0.25) is 0 Å². The number of likely N-dealkylation sites (N-methyl/N-ethyl adjacent to an activating group) is 1. The number of piperidine rings is 1. The highest BCUT2D eigenvalue weighted by Crippen LogP contribution is 2.17. The molecule has 0 aromatic rings. The van der Waals surface area contributed by atoms with Gasteiger partial charge in [-0.2, -0.15) is 0 Å². The molecule has 3 atom stereocenters. The number of nitrogens with one attached hydrogen (secondary N) is 2. The van der Waals surface area contributed by atoms with Crippen molar-refractivity contribution in [1.82, 2.24) is 15.5 Å². The van der Waals surface area contributed by atoms with Crippen LogP contribution in [0.15, 0.2) is 0 Å². The van der Waals surface area contributed by atoms with Gasteiger partial charge in [0.25, 0.3) is 5.91 Å². The van der Waals surface area contributed by atoms with Crippen LogP contribution in [0.1, 0.15) is 19.8 Å². The smallest absolute Gasteiger partial charge is 0.251 e. The van der Waals surface area contributed by atoms with Gasteiger partial charge in [-0.15, -0.1) is 0 Å². The van der Waals surface area contributed by atoms with E-state index in [1.807, 2.05) is 6.92 Å². The monoisotopic (exact) mass is 253 g/mol. The molecule has 2 aliphatic heterocycles. The predicted molar refractivity (Wildman–Crippen MR) is 64.5 cm³/mol. The number of hydrogen-bond acceptors (Lipinski definition) is 4.